The van der Waals surface area contributed by atoms with E-state index in [2.05, 4.69) is 18.7 Å². The van der Waals surface area contributed by atoms with E-state index in [0.717, 1.165) is 38.7 Å². The van der Waals surface area contributed by atoms with Gasteiger partial charge in [0.05, 0.1) is 12.7 Å². The van der Waals surface area contributed by atoms with Crippen molar-refractivity contribution in [1.82, 2.24) is 9.80 Å². The number of likely N-dealkylation sites (tertiary alicyclic amines) is 1. The second-order valence-electron chi connectivity index (χ2n) is 7.79. The summed E-state index contributed by atoms with van der Waals surface area (Å²) in [6.07, 6.45) is 8.13. The van der Waals surface area contributed by atoms with Crippen LogP contribution in [0.1, 0.15) is 58.8 Å². The summed E-state index contributed by atoms with van der Waals surface area (Å²) in [6, 6.07) is 0.302. The topological polar surface area (TPSA) is 42.0 Å². The number of nitrogens with zero attached hydrogens (tertiary/aromatic N) is 2. The third-order valence-electron chi connectivity index (χ3n) is 5.19. The minimum atomic E-state index is -0.181. The molecule has 0 N–H and O–H groups in total. The predicted molar refractivity (Wildman–Crippen MR) is 96.2 cm³/mol. The molecule has 0 spiro atoms. The number of hydrogen-bond donors (Lipinski definition) is 0. The van der Waals surface area contributed by atoms with Gasteiger partial charge in [0, 0.05) is 19.7 Å². The van der Waals surface area contributed by atoms with Crippen molar-refractivity contribution in [3.05, 3.63) is 0 Å². The Labute approximate surface area is 147 Å². The molecule has 5 nitrogen and oxygen atoms in total. The molecule has 1 amide bonds. The van der Waals surface area contributed by atoms with E-state index in [0.29, 0.717) is 24.7 Å². The zero-order valence-corrected chi connectivity index (χ0v) is 15.8. The lowest BCUT2D eigenvalue weighted by atomic mass is 9.92. The van der Waals surface area contributed by atoms with Gasteiger partial charge in [-0.25, -0.2) is 4.79 Å². The van der Waals surface area contributed by atoms with Gasteiger partial charge in [-0.15, -0.1) is 0 Å². The molecule has 1 aliphatic heterocycles. The van der Waals surface area contributed by atoms with Crippen molar-refractivity contribution in [2.45, 2.75) is 70.9 Å². The Balaban J connectivity index is 1.52. The van der Waals surface area contributed by atoms with E-state index in [-0.39, 0.29) is 6.09 Å². The Morgan fingerprint density at radius 3 is 2.46 bits per heavy atom. The third-order valence-corrected chi connectivity index (χ3v) is 5.19. The van der Waals surface area contributed by atoms with Gasteiger partial charge in [0.1, 0.15) is 0 Å². The molecule has 0 bridgehead atoms. The van der Waals surface area contributed by atoms with Gasteiger partial charge in [-0.3, -0.25) is 0 Å². The molecular weight excluding hydrogens is 304 g/mol. The first kappa shape index (κ1) is 19.5. The first-order valence-electron chi connectivity index (χ1n) is 9.79. The maximum atomic E-state index is 12.0. The monoisotopic (exact) mass is 340 g/mol. The van der Waals surface area contributed by atoms with Gasteiger partial charge in [-0.2, -0.15) is 0 Å². The van der Waals surface area contributed by atoms with Crippen molar-refractivity contribution < 1.29 is 14.3 Å². The molecule has 2 aliphatic rings. The van der Waals surface area contributed by atoms with Gasteiger partial charge >= 0.3 is 6.09 Å². The summed E-state index contributed by atoms with van der Waals surface area (Å²) in [5.41, 5.74) is 0. The molecule has 1 saturated heterocycles. The molecule has 5 heteroatoms. The molecule has 0 aromatic heterocycles. The molecule has 0 unspecified atom stereocenters. The summed E-state index contributed by atoms with van der Waals surface area (Å²) in [6.45, 7) is 9.31. The first-order valence-corrected chi connectivity index (χ1v) is 9.79. The lowest BCUT2D eigenvalue weighted by Crippen LogP contribution is -2.41. The van der Waals surface area contributed by atoms with E-state index in [1.807, 2.05) is 7.05 Å². The third kappa shape index (κ3) is 6.60. The second-order valence-corrected chi connectivity index (χ2v) is 7.79. The number of unbranched alkanes of at least 4 members (excludes halogenated alkanes) is 1. The standard InChI is InChI=1S/C19H36N2O3/c1-16(2)15-24-19(22)20(3)17-7-9-18(10-8-17)23-14-5-4-11-21-12-6-13-21/h16-18H,4-15H2,1-3H3. The molecule has 2 rings (SSSR count). The number of amides is 1. The summed E-state index contributed by atoms with van der Waals surface area (Å²) >= 11 is 0. The number of rotatable bonds is 9. The smallest absolute Gasteiger partial charge is 0.409 e. The Morgan fingerprint density at radius 1 is 1.17 bits per heavy atom. The minimum Gasteiger partial charge on any atom is -0.449 e. The van der Waals surface area contributed by atoms with Gasteiger partial charge < -0.3 is 19.3 Å². The summed E-state index contributed by atoms with van der Waals surface area (Å²) in [4.78, 5) is 16.3. The first-order chi connectivity index (χ1) is 11.6. The molecule has 1 saturated carbocycles. The predicted octanol–water partition coefficient (Wildman–Crippen LogP) is 3.52. The van der Waals surface area contributed by atoms with E-state index < -0.39 is 0 Å². The van der Waals surface area contributed by atoms with E-state index in [9.17, 15) is 4.79 Å². The van der Waals surface area contributed by atoms with Crippen LogP contribution in [0.2, 0.25) is 0 Å². The lowest BCUT2D eigenvalue weighted by Gasteiger charge is -2.34. The van der Waals surface area contributed by atoms with Crippen LogP contribution >= 0.6 is 0 Å². The van der Waals surface area contributed by atoms with E-state index in [1.54, 1.807) is 4.90 Å². The Hall–Kier alpha value is -0.810. The quantitative estimate of drug-likeness (QED) is 0.602. The SMILES string of the molecule is CC(C)COC(=O)N(C)C1CCC(OCCCCN2CCC2)CC1. The van der Waals surface area contributed by atoms with Crippen LogP contribution in [0.4, 0.5) is 4.79 Å². The number of carbonyl (C=O) groups is 1. The average Bonchev–Trinajstić information content (AvgIpc) is 2.54. The Kier molecular flexibility index (Phi) is 8.33. The van der Waals surface area contributed by atoms with Gasteiger partial charge in [0.2, 0.25) is 0 Å². The lowest BCUT2D eigenvalue weighted by molar-refractivity contribution is 0.00591. The van der Waals surface area contributed by atoms with Crippen LogP contribution in [0, 0.1) is 5.92 Å². The van der Waals surface area contributed by atoms with Crippen molar-refractivity contribution in [1.29, 1.82) is 0 Å². The van der Waals surface area contributed by atoms with E-state index in [1.165, 1.54) is 32.5 Å². The summed E-state index contributed by atoms with van der Waals surface area (Å²) < 4.78 is 11.4. The highest BCUT2D eigenvalue weighted by atomic mass is 16.6. The van der Waals surface area contributed by atoms with Crippen molar-refractivity contribution >= 4 is 6.09 Å². The zero-order chi connectivity index (χ0) is 17.4. The summed E-state index contributed by atoms with van der Waals surface area (Å²) in [5.74, 6) is 0.382. The molecule has 1 heterocycles. The Bertz CT molecular complexity index is 364. The van der Waals surface area contributed by atoms with Crippen LogP contribution < -0.4 is 0 Å². The Morgan fingerprint density at radius 2 is 1.88 bits per heavy atom. The maximum Gasteiger partial charge on any atom is 0.409 e. The van der Waals surface area contributed by atoms with Crippen molar-refractivity contribution in [3.8, 4) is 0 Å². The van der Waals surface area contributed by atoms with Crippen LogP contribution in [0.15, 0.2) is 0 Å². The van der Waals surface area contributed by atoms with E-state index in [4.69, 9.17) is 9.47 Å². The molecule has 0 aromatic rings. The average molecular weight is 341 g/mol. The van der Waals surface area contributed by atoms with Crippen LogP contribution in [-0.2, 0) is 9.47 Å². The molecule has 140 valence electrons. The largest absolute Gasteiger partial charge is 0.449 e. The molecule has 24 heavy (non-hydrogen) atoms. The van der Waals surface area contributed by atoms with Gasteiger partial charge in [-0.05, 0) is 70.5 Å². The van der Waals surface area contributed by atoms with Crippen LogP contribution in [0.3, 0.4) is 0 Å². The molecule has 0 radical (unpaired) electrons. The normalized spacial score (nSPS) is 24.7. The van der Waals surface area contributed by atoms with Crippen LogP contribution in [0.25, 0.3) is 0 Å². The molecule has 2 fully saturated rings. The second kappa shape index (κ2) is 10.2. The zero-order valence-electron chi connectivity index (χ0n) is 15.8. The van der Waals surface area contributed by atoms with E-state index >= 15 is 0 Å². The molecule has 0 atom stereocenters. The highest BCUT2D eigenvalue weighted by Gasteiger charge is 2.27. The van der Waals surface area contributed by atoms with Gasteiger partial charge in [-0.1, -0.05) is 13.8 Å². The van der Waals surface area contributed by atoms with Crippen molar-refractivity contribution in [2.75, 3.05) is 39.9 Å². The fourth-order valence-electron chi connectivity index (χ4n) is 3.38. The number of ether oxygens (including phenoxy) is 2. The van der Waals surface area contributed by atoms with Crippen molar-refractivity contribution in [2.24, 2.45) is 5.92 Å². The fourth-order valence-corrected chi connectivity index (χ4v) is 3.38. The van der Waals surface area contributed by atoms with Gasteiger partial charge in [0.15, 0.2) is 0 Å². The van der Waals surface area contributed by atoms with Crippen molar-refractivity contribution in [3.63, 3.8) is 0 Å². The summed E-state index contributed by atoms with van der Waals surface area (Å²) in [5, 5.41) is 0. The fraction of sp³-hybridized carbons (Fsp3) is 0.947. The van der Waals surface area contributed by atoms with Crippen LogP contribution in [0.5, 0.6) is 0 Å². The van der Waals surface area contributed by atoms with Gasteiger partial charge in [0.25, 0.3) is 0 Å². The molecule has 0 aromatic carbocycles. The number of carbonyl (C=O) groups excluding carboxylic acids is 1. The van der Waals surface area contributed by atoms with Crippen LogP contribution in [-0.4, -0.2) is 67.9 Å². The number of hydrogen-bond acceptors (Lipinski definition) is 4. The minimum absolute atomic E-state index is 0.181. The maximum absolute atomic E-state index is 12.0. The summed E-state index contributed by atoms with van der Waals surface area (Å²) in [7, 11) is 1.87. The molecular formula is C19H36N2O3. The highest BCUT2D eigenvalue weighted by Crippen LogP contribution is 2.25. The molecule has 1 aliphatic carbocycles. The highest BCUT2D eigenvalue weighted by molar-refractivity contribution is 5.67.